The molecule has 0 aromatic heterocycles. The molecule has 3 saturated carbocycles. The van der Waals surface area contributed by atoms with Crippen LogP contribution in [0.2, 0.25) is 0 Å². The van der Waals surface area contributed by atoms with Crippen LogP contribution in [0.15, 0.2) is 0 Å². The van der Waals surface area contributed by atoms with E-state index in [4.69, 9.17) is 0 Å². The third-order valence-electron chi connectivity index (χ3n) is 6.16. The molecule has 0 aromatic carbocycles. The summed E-state index contributed by atoms with van der Waals surface area (Å²) in [4.78, 5) is 0. The van der Waals surface area contributed by atoms with Crippen LogP contribution in [0.25, 0.3) is 0 Å². The largest absolute Gasteiger partial charge is 0.0651 e. The second-order valence-electron chi connectivity index (χ2n) is 6.35. The molecule has 0 amide bonds. The van der Waals surface area contributed by atoms with Crippen LogP contribution in [0, 0.1) is 41.4 Å². The van der Waals surface area contributed by atoms with Crippen molar-refractivity contribution in [3.8, 4) is 0 Å². The fraction of sp³-hybridized carbons (Fsp3) is 1.00. The Hall–Kier alpha value is 0. The molecule has 0 aliphatic heterocycles. The van der Waals surface area contributed by atoms with Crippen LogP contribution in [0.1, 0.15) is 46.5 Å². The lowest BCUT2D eigenvalue weighted by Gasteiger charge is -2.43. The molecule has 14 heavy (non-hydrogen) atoms. The Morgan fingerprint density at radius 1 is 0.857 bits per heavy atom. The third kappa shape index (κ3) is 1.01. The normalized spacial score (nSPS) is 60.6. The number of fused-ring (bicyclic) bond motifs is 2. The molecule has 0 radical (unpaired) electrons. The van der Waals surface area contributed by atoms with Crippen molar-refractivity contribution in [1.29, 1.82) is 0 Å². The number of hydrogen-bond donors (Lipinski definition) is 0. The molecule has 3 aliphatic rings. The van der Waals surface area contributed by atoms with Crippen molar-refractivity contribution in [2.45, 2.75) is 46.5 Å². The smallest absolute Gasteiger partial charge is 0.0354 e. The van der Waals surface area contributed by atoms with Gasteiger partial charge < -0.3 is 0 Å². The summed E-state index contributed by atoms with van der Waals surface area (Å²) in [7, 11) is 0. The second kappa shape index (κ2) is 3.00. The molecule has 0 saturated heterocycles. The van der Waals surface area contributed by atoms with Crippen LogP contribution in [-0.4, -0.2) is 0 Å². The monoisotopic (exact) mass is 192 g/mol. The molecule has 3 bridgehead atoms. The van der Waals surface area contributed by atoms with E-state index >= 15 is 0 Å². The summed E-state index contributed by atoms with van der Waals surface area (Å²) >= 11 is 0. The minimum atomic E-state index is 1.04. The number of rotatable bonds is 1. The van der Waals surface area contributed by atoms with Gasteiger partial charge in [-0.3, -0.25) is 0 Å². The van der Waals surface area contributed by atoms with E-state index in [0.717, 1.165) is 41.4 Å². The molecule has 0 spiro atoms. The van der Waals surface area contributed by atoms with Crippen LogP contribution in [0.4, 0.5) is 0 Å². The summed E-state index contributed by atoms with van der Waals surface area (Å²) in [5.41, 5.74) is 0. The highest BCUT2D eigenvalue weighted by Gasteiger charge is 2.54. The topological polar surface area (TPSA) is 0 Å². The van der Waals surface area contributed by atoms with Gasteiger partial charge in [-0.2, -0.15) is 0 Å². The predicted molar refractivity (Wildman–Crippen MR) is 59.9 cm³/mol. The second-order valence-corrected chi connectivity index (χ2v) is 6.35. The highest BCUT2D eigenvalue weighted by atomic mass is 14.6. The van der Waals surface area contributed by atoms with Crippen molar-refractivity contribution in [1.82, 2.24) is 0 Å². The minimum absolute atomic E-state index is 1.04. The first-order chi connectivity index (χ1) is 6.72. The maximum atomic E-state index is 2.55. The molecule has 3 aliphatic carbocycles. The number of hydrogen-bond acceptors (Lipinski definition) is 0. The third-order valence-corrected chi connectivity index (χ3v) is 6.16. The van der Waals surface area contributed by atoms with Gasteiger partial charge in [-0.25, -0.2) is 0 Å². The molecular formula is C14H24. The molecule has 0 nitrogen and oxygen atoms in total. The van der Waals surface area contributed by atoms with Crippen LogP contribution in [0.5, 0.6) is 0 Å². The van der Waals surface area contributed by atoms with Crippen molar-refractivity contribution in [3.05, 3.63) is 0 Å². The highest BCUT2D eigenvalue weighted by Crippen LogP contribution is 2.62. The molecule has 7 atom stereocenters. The van der Waals surface area contributed by atoms with Gasteiger partial charge in [0.1, 0.15) is 0 Å². The van der Waals surface area contributed by atoms with E-state index in [9.17, 15) is 0 Å². The van der Waals surface area contributed by atoms with E-state index in [1.54, 1.807) is 19.3 Å². The van der Waals surface area contributed by atoms with Gasteiger partial charge in [0.05, 0.1) is 0 Å². The zero-order chi connectivity index (χ0) is 9.87. The molecule has 80 valence electrons. The van der Waals surface area contributed by atoms with Crippen LogP contribution < -0.4 is 0 Å². The molecule has 3 rings (SSSR count). The Balaban J connectivity index is 1.94. The molecule has 6 unspecified atom stereocenters. The van der Waals surface area contributed by atoms with Gasteiger partial charge in [-0.05, 0) is 60.7 Å². The Kier molecular flexibility index (Phi) is 1.98. The zero-order valence-electron chi connectivity index (χ0n) is 9.87. The van der Waals surface area contributed by atoms with Gasteiger partial charge >= 0.3 is 0 Å². The van der Waals surface area contributed by atoms with Crippen LogP contribution in [0.3, 0.4) is 0 Å². The standard InChI is InChI=1S/C14H24/c1-4-10-5-14-9(3)12-6-11(14)7-13(10)8(12)2/h8-14H,4-7H2,1-3H3/t8?,9-,10?,11?,12?,13?,14?/m1/s1. The minimum Gasteiger partial charge on any atom is -0.0651 e. The maximum Gasteiger partial charge on any atom is -0.0354 e. The van der Waals surface area contributed by atoms with Gasteiger partial charge in [-0.1, -0.05) is 27.2 Å². The van der Waals surface area contributed by atoms with Gasteiger partial charge in [0.15, 0.2) is 0 Å². The van der Waals surface area contributed by atoms with E-state index in [0.29, 0.717) is 0 Å². The molecule has 0 aromatic rings. The Morgan fingerprint density at radius 2 is 1.50 bits per heavy atom. The zero-order valence-corrected chi connectivity index (χ0v) is 9.87. The summed E-state index contributed by atoms with van der Waals surface area (Å²) in [5.74, 6) is 7.63. The SMILES string of the molecule is CCC1CC2C3CC1C(C)C(C3)[C@H]2C. The van der Waals surface area contributed by atoms with Gasteiger partial charge in [-0.15, -0.1) is 0 Å². The average molecular weight is 192 g/mol. The fourth-order valence-corrected chi connectivity index (χ4v) is 5.35. The molecule has 0 N–H and O–H groups in total. The summed E-state index contributed by atoms with van der Waals surface area (Å²) < 4.78 is 0. The lowest BCUT2D eigenvalue weighted by Crippen LogP contribution is -2.35. The Bertz CT molecular complexity index is 232. The lowest BCUT2D eigenvalue weighted by molar-refractivity contribution is 0.0624. The van der Waals surface area contributed by atoms with Crippen molar-refractivity contribution in [3.63, 3.8) is 0 Å². The summed E-state index contributed by atoms with van der Waals surface area (Å²) in [5, 5.41) is 0. The Labute approximate surface area is 88.5 Å². The van der Waals surface area contributed by atoms with Crippen molar-refractivity contribution >= 4 is 0 Å². The van der Waals surface area contributed by atoms with Crippen molar-refractivity contribution in [2.24, 2.45) is 41.4 Å². The first kappa shape index (κ1) is 9.24. The lowest BCUT2D eigenvalue weighted by atomic mass is 9.62. The van der Waals surface area contributed by atoms with E-state index in [2.05, 4.69) is 20.8 Å². The van der Waals surface area contributed by atoms with Crippen LogP contribution >= 0.6 is 0 Å². The van der Waals surface area contributed by atoms with Crippen LogP contribution in [-0.2, 0) is 0 Å². The quantitative estimate of drug-likeness (QED) is 0.590. The van der Waals surface area contributed by atoms with E-state index in [-0.39, 0.29) is 0 Å². The fourth-order valence-electron chi connectivity index (χ4n) is 5.35. The molecule has 3 fully saturated rings. The van der Waals surface area contributed by atoms with Gasteiger partial charge in [0.25, 0.3) is 0 Å². The Morgan fingerprint density at radius 3 is 2.21 bits per heavy atom. The van der Waals surface area contributed by atoms with E-state index in [1.165, 1.54) is 6.42 Å². The van der Waals surface area contributed by atoms with Gasteiger partial charge in [0, 0.05) is 0 Å². The maximum absolute atomic E-state index is 2.55. The molecule has 0 heteroatoms. The summed E-state index contributed by atoms with van der Waals surface area (Å²) in [6, 6.07) is 0. The van der Waals surface area contributed by atoms with Gasteiger partial charge in [0.2, 0.25) is 0 Å². The molecular weight excluding hydrogens is 168 g/mol. The summed E-state index contributed by atoms with van der Waals surface area (Å²) in [6.45, 7) is 7.51. The van der Waals surface area contributed by atoms with E-state index in [1.807, 2.05) is 0 Å². The van der Waals surface area contributed by atoms with Crippen molar-refractivity contribution in [2.75, 3.05) is 0 Å². The van der Waals surface area contributed by atoms with E-state index < -0.39 is 0 Å². The van der Waals surface area contributed by atoms with Crippen molar-refractivity contribution < 1.29 is 0 Å². The first-order valence-corrected chi connectivity index (χ1v) is 6.72. The molecule has 0 heterocycles. The summed E-state index contributed by atoms with van der Waals surface area (Å²) in [6.07, 6.45) is 6.19. The highest BCUT2D eigenvalue weighted by molar-refractivity contribution is 5.03. The first-order valence-electron chi connectivity index (χ1n) is 6.72. The average Bonchev–Trinajstić information content (AvgIpc) is 2.44. The predicted octanol–water partition coefficient (Wildman–Crippen LogP) is 3.96.